The number of rotatable bonds is 3. The predicted octanol–water partition coefficient (Wildman–Crippen LogP) is 0.629. The first kappa shape index (κ1) is 11.0. The molecule has 1 heterocycles. The Labute approximate surface area is 87.9 Å². The summed E-state index contributed by atoms with van der Waals surface area (Å²) in [5.41, 5.74) is 4.79. The molecule has 0 radical (unpaired) electrons. The van der Waals surface area contributed by atoms with Gasteiger partial charge in [-0.15, -0.1) is 0 Å². The van der Waals surface area contributed by atoms with Crippen molar-refractivity contribution in [1.82, 2.24) is 4.98 Å². The number of carbonyl (C=O) groups excluding carboxylic acids is 1. The fraction of sp³-hybridized carbons (Fsp3) is 0.300. The van der Waals surface area contributed by atoms with Gasteiger partial charge in [-0.1, -0.05) is 0 Å². The van der Waals surface area contributed by atoms with Gasteiger partial charge in [0.15, 0.2) is 0 Å². The van der Waals surface area contributed by atoms with Gasteiger partial charge in [-0.25, -0.2) is 4.98 Å². The number of hydrogen-bond acceptors (Lipinski definition) is 4. The second-order valence-corrected chi connectivity index (χ2v) is 3.66. The Morgan fingerprint density at radius 3 is 2.87 bits per heavy atom. The molecule has 0 aliphatic carbocycles. The lowest BCUT2D eigenvalue weighted by Gasteiger charge is -2.22. The lowest BCUT2D eigenvalue weighted by atomic mass is 10.1. The summed E-state index contributed by atoms with van der Waals surface area (Å²) < 4.78 is 0. The van der Waals surface area contributed by atoms with E-state index in [9.17, 15) is 4.79 Å². The molecule has 0 aliphatic rings. The molecule has 0 saturated carbocycles. The molecular weight excluding hydrogens is 192 g/mol. The zero-order chi connectivity index (χ0) is 11.5. The first-order chi connectivity index (χ1) is 6.95. The summed E-state index contributed by atoms with van der Waals surface area (Å²) in [6.07, 6.45) is 1.50. The fourth-order valence-electron chi connectivity index (χ4n) is 0.950. The van der Waals surface area contributed by atoms with E-state index in [2.05, 4.69) is 10.3 Å². The number of nitriles is 1. The van der Waals surface area contributed by atoms with Crippen LogP contribution in [0.25, 0.3) is 0 Å². The van der Waals surface area contributed by atoms with Gasteiger partial charge < -0.3 is 11.1 Å². The molecule has 15 heavy (non-hydrogen) atoms. The molecule has 1 rings (SSSR count). The number of anilines is 1. The van der Waals surface area contributed by atoms with Crippen molar-refractivity contribution in [2.45, 2.75) is 19.4 Å². The van der Waals surface area contributed by atoms with E-state index >= 15 is 0 Å². The molecule has 0 aromatic carbocycles. The molecule has 0 atom stereocenters. The molecule has 78 valence electrons. The van der Waals surface area contributed by atoms with Gasteiger partial charge in [0, 0.05) is 6.20 Å². The van der Waals surface area contributed by atoms with Gasteiger partial charge in [-0.05, 0) is 26.0 Å². The summed E-state index contributed by atoms with van der Waals surface area (Å²) in [7, 11) is 0. The number of aromatic nitrogens is 1. The van der Waals surface area contributed by atoms with Gasteiger partial charge in [0.25, 0.3) is 0 Å². The number of nitrogens with one attached hydrogen (secondary N) is 1. The van der Waals surface area contributed by atoms with Crippen LogP contribution in [0.4, 0.5) is 5.82 Å². The van der Waals surface area contributed by atoms with Crippen LogP contribution < -0.4 is 11.1 Å². The van der Waals surface area contributed by atoms with Gasteiger partial charge in [0.1, 0.15) is 11.4 Å². The van der Waals surface area contributed by atoms with Crippen molar-refractivity contribution in [3.05, 3.63) is 23.9 Å². The van der Waals surface area contributed by atoms with E-state index in [0.717, 1.165) is 0 Å². The summed E-state index contributed by atoms with van der Waals surface area (Å²) in [6.45, 7) is 3.30. The maximum atomic E-state index is 11.0. The van der Waals surface area contributed by atoms with Crippen LogP contribution in [0.5, 0.6) is 0 Å². The van der Waals surface area contributed by atoms with Crippen molar-refractivity contribution in [1.29, 1.82) is 5.26 Å². The predicted molar refractivity (Wildman–Crippen MR) is 55.8 cm³/mol. The molecule has 0 fully saturated rings. The van der Waals surface area contributed by atoms with Gasteiger partial charge in [0.05, 0.1) is 11.6 Å². The number of nitrogens with two attached hydrogens (primary N) is 1. The van der Waals surface area contributed by atoms with Crippen molar-refractivity contribution in [3.8, 4) is 6.07 Å². The maximum Gasteiger partial charge on any atom is 0.242 e. The summed E-state index contributed by atoms with van der Waals surface area (Å²) in [4.78, 5) is 15.0. The third kappa shape index (κ3) is 2.68. The van der Waals surface area contributed by atoms with E-state index < -0.39 is 11.4 Å². The molecular formula is C10H12N4O. The average molecular weight is 204 g/mol. The standard InChI is InChI=1S/C10H12N4O/c1-10(2,9(12)15)14-8-5-7(6-11)3-4-13-8/h3-5H,1-2H3,(H2,12,15)(H,13,14). The van der Waals surface area contributed by atoms with E-state index in [1.54, 1.807) is 26.0 Å². The SMILES string of the molecule is CC(C)(Nc1cc(C#N)ccn1)C(N)=O. The van der Waals surface area contributed by atoms with Crippen LogP contribution >= 0.6 is 0 Å². The first-order valence-corrected chi connectivity index (χ1v) is 4.40. The fourth-order valence-corrected chi connectivity index (χ4v) is 0.950. The summed E-state index contributed by atoms with van der Waals surface area (Å²) in [5.74, 6) is -0.0236. The number of pyridine rings is 1. The van der Waals surface area contributed by atoms with Crippen LogP contribution in [0.15, 0.2) is 18.3 Å². The molecule has 3 N–H and O–H groups in total. The minimum absolute atomic E-state index is 0.456. The van der Waals surface area contributed by atoms with Crippen molar-refractivity contribution in [2.24, 2.45) is 5.73 Å². The van der Waals surface area contributed by atoms with Crippen LogP contribution in [0.3, 0.4) is 0 Å². The Kier molecular flexibility index (Phi) is 2.90. The van der Waals surface area contributed by atoms with Gasteiger partial charge in [0.2, 0.25) is 5.91 Å². The number of primary amides is 1. The third-order valence-corrected chi connectivity index (χ3v) is 1.95. The molecule has 1 aromatic heterocycles. The molecule has 5 heteroatoms. The monoisotopic (exact) mass is 204 g/mol. The molecule has 0 spiro atoms. The number of nitrogens with zero attached hydrogens (tertiary/aromatic N) is 2. The minimum atomic E-state index is -0.888. The highest BCUT2D eigenvalue weighted by Crippen LogP contribution is 2.13. The average Bonchev–Trinajstić information content (AvgIpc) is 2.17. The highest BCUT2D eigenvalue weighted by molar-refractivity contribution is 5.86. The van der Waals surface area contributed by atoms with Gasteiger partial charge in [-0.3, -0.25) is 4.79 Å². The maximum absolute atomic E-state index is 11.0. The molecule has 1 amide bonds. The van der Waals surface area contributed by atoms with Crippen LogP contribution in [-0.2, 0) is 4.79 Å². The Hall–Kier alpha value is -2.09. The lowest BCUT2D eigenvalue weighted by Crippen LogP contribution is -2.45. The van der Waals surface area contributed by atoms with Crippen LogP contribution in [-0.4, -0.2) is 16.4 Å². The zero-order valence-electron chi connectivity index (χ0n) is 8.61. The second kappa shape index (κ2) is 3.96. The minimum Gasteiger partial charge on any atom is -0.368 e. The quantitative estimate of drug-likeness (QED) is 0.755. The largest absolute Gasteiger partial charge is 0.368 e. The Morgan fingerprint density at radius 1 is 1.67 bits per heavy atom. The third-order valence-electron chi connectivity index (χ3n) is 1.95. The molecule has 0 unspecified atom stereocenters. The van der Waals surface area contributed by atoms with E-state index in [-0.39, 0.29) is 0 Å². The van der Waals surface area contributed by atoms with E-state index in [1.165, 1.54) is 6.20 Å². The van der Waals surface area contributed by atoms with E-state index in [4.69, 9.17) is 11.0 Å². The molecule has 1 aromatic rings. The lowest BCUT2D eigenvalue weighted by molar-refractivity contribution is -0.121. The number of hydrogen-bond donors (Lipinski definition) is 2. The topological polar surface area (TPSA) is 91.8 Å². The van der Waals surface area contributed by atoms with Crippen molar-refractivity contribution in [2.75, 3.05) is 5.32 Å². The Balaban J connectivity index is 2.91. The van der Waals surface area contributed by atoms with Gasteiger partial charge >= 0.3 is 0 Å². The van der Waals surface area contributed by atoms with E-state index in [1.807, 2.05) is 6.07 Å². The summed E-state index contributed by atoms with van der Waals surface area (Å²) in [5, 5.41) is 11.5. The molecule has 0 bridgehead atoms. The van der Waals surface area contributed by atoms with Crippen molar-refractivity contribution >= 4 is 11.7 Å². The highest BCUT2D eigenvalue weighted by atomic mass is 16.1. The number of amides is 1. The van der Waals surface area contributed by atoms with Crippen LogP contribution in [0.2, 0.25) is 0 Å². The van der Waals surface area contributed by atoms with Gasteiger partial charge in [-0.2, -0.15) is 5.26 Å². The normalized spacial score (nSPS) is 10.5. The van der Waals surface area contributed by atoms with Crippen molar-refractivity contribution in [3.63, 3.8) is 0 Å². The Bertz CT molecular complexity index is 420. The smallest absolute Gasteiger partial charge is 0.242 e. The first-order valence-electron chi connectivity index (χ1n) is 4.40. The Morgan fingerprint density at radius 2 is 2.33 bits per heavy atom. The zero-order valence-corrected chi connectivity index (χ0v) is 8.61. The summed E-state index contributed by atoms with van der Waals surface area (Å²) >= 11 is 0. The van der Waals surface area contributed by atoms with Crippen LogP contribution in [0.1, 0.15) is 19.4 Å². The second-order valence-electron chi connectivity index (χ2n) is 3.66. The molecule has 0 aliphatic heterocycles. The van der Waals surface area contributed by atoms with E-state index in [0.29, 0.717) is 11.4 Å². The van der Waals surface area contributed by atoms with Crippen molar-refractivity contribution < 1.29 is 4.79 Å². The highest BCUT2D eigenvalue weighted by Gasteiger charge is 2.24. The summed E-state index contributed by atoms with van der Waals surface area (Å²) in [6, 6.07) is 5.13. The number of carbonyl (C=O) groups is 1. The molecule has 5 nitrogen and oxygen atoms in total. The molecule has 0 saturated heterocycles. The van der Waals surface area contributed by atoms with Crippen LogP contribution in [0, 0.1) is 11.3 Å².